The molecule has 208 valence electrons. The largest absolute Gasteiger partial charge is 0.354 e. The molecule has 6 rings (SSSR count). The Hall–Kier alpha value is -2.81. The molecule has 3 aliphatic carbocycles. The zero-order valence-corrected chi connectivity index (χ0v) is 23.7. The Kier molecular flexibility index (Phi) is 7.10. The average molecular weight is 553 g/mol. The van der Waals surface area contributed by atoms with E-state index in [9.17, 15) is 17.6 Å². The SMILES string of the molecule is C=C1CC2CCC1(CS(=O)(=O)O)C2(C)C.CNCc1ccc(-c2[nH]c3cc(F)cc4c3c2CCCC4=O)cc1. The van der Waals surface area contributed by atoms with Crippen LogP contribution < -0.4 is 5.32 Å². The van der Waals surface area contributed by atoms with E-state index in [4.69, 9.17) is 4.55 Å². The molecule has 3 aromatic rings. The highest BCUT2D eigenvalue weighted by Gasteiger charge is 2.62. The fourth-order valence-corrected chi connectivity index (χ4v) is 8.63. The number of allylic oxidation sites excluding steroid dienone is 1. The van der Waals surface area contributed by atoms with Gasteiger partial charge in [-0.15, -0.1) is 0 Å². The van der Waals surface area contributed by atoms with Crippen molar-refractivity contribution >= 4 is 26.8 Å². The van der Waals surface area contributed by atoms with Gasteiger partial charge in [0.1, 0.15) is 5.82 Å². The smallest absolute Gasteiger partial charge is 0.265 e. The first-order chi connectivity index (χ1) is 18.4. The first-order valence-corrected chi connectivity index (χ1v) is 15.2. The maximum absolute atomic E-state index is 13.9. The van der Waals surface area contributed by atoms with Crippen LogP contribution in [0.1, 0.15) is 67.4 Å². The first-order valence-electron chi connectivity index (χ1n) is 13.6. The van der Waals surface area contributed by atoms with Gasteiger partial charge in [0.25, 0.3) is 10.1 Å². The highest BCUT2D eigenvalue weighted by molar-refractivity contribution is 7.85. The van der Waals surface area contributed by atoms with Crippen molar-refractivity contribution in [1.82, 2.24) is 10.3 Å². The Bertz CT molecular complexity index is 1560. The average Bonchev–Trinajstić information content (AvgIpc) is 3.33. The molecule has 3 aliphatic rings. The Balaban J connectivity index is 0.000000177. The van der Waals surface area contributed by atoms with Gasteiger partial charge in [-0.2, -0.15) is 8.42 Å². The molecule has 0 saturated heterocycles. The summed E-state index contributed by atoms with van der Waals surface area (Å²) in [5, 5.41) is 4.03. The van der Waals surface area contributed by atoms with Crippen LogP contribution in [0.5, 0.6) is 0 Å². The van der Waals surface area contributed by atoms with Crippen molar-refractivity contribution in [3.63, 3.8) is 0 Å². The molecule has 2 fully saturated rings. The Morgan fingerprint density at radius 1 is 1.18 bits per heavy atom. The highest BCUT2D eigenvalue weighted by atomic mass is 32.2. The number of Topliss-reactive ketones (excluding diaryl/α,β-unsaturated/α-hetero) is 1. The lowest BCUT2D eigenvalue weighted by molar-refractivity contribution is 0.0982. The second-order valence-electron chi connectivity index (χ2n) is 11.9. The van der Waals surface area contributed by atoms with Gasteiger partial charge in [0, 0.05) is 40.5 Å². The number of aryl methyl sites for hydroxylation is 1. The maximum atomic E-state index is 13.9. The molecule has 3 N–H and O–H groups in total. The molecule has 39 heavy (non-hydrogen) atoms. The standard InChI is InChI=1S/C20H19FN2O.C11H18O3S/c1-22-11-12-5-7-13(8-6-12)20-15-3-2-4-18(24)16-9-14(21)10-17(23-20)19(15)16;1-8-6-9-4-5-11(8,10(9,2)3)7-15(12,13)14/h5-10,22-23H,2-4,11H2,1H3;9H,1,4-7H2,2-3H3,(H,12,13,14). The molecule has 2 saturated carbocycles. The van der Waals surface area contributed by atoms with Crippen LogP contribution in [-0.2, 0) is 23.1 Å². The summed E-state index contributed by atoms with van der Waals surface area (Å²) >= 11 is 0. The second kappa shape index (κ2) is 9.98. The van der Waals surface area contributed by atoms with Crippen molar-refractivity contribution in [1.29, 1.82) is 0 Å². The molecule has 0 amide bonds. The number of carbonyl (C=O) groups is 1. The number of nitrogens with one attached hydrogen (secondary N) is 2. The lowest BCUT2D eigenvalue weighted by Gasteiger charge is -2.37. The summed E-state index contributed by atoms with van der Waals surface area (Å²) in [6.45, 7) is 9.05. The van der Waals surface area contributed by atoms with Crippen molar-refractivity contribution in [3.05, 3.63) is 71.1 Å². The van der Waals surface area contributed by atoms with Crippen molar-refractivity contribution in [2.75, 3.05) is 12.8 Å². The number of carbonyl (C=O) groups excluding carboxylic acids is 1. The van der Waals surface area contributed by atoms with E-state index in [-0.39, 0.29) is 28.2 Å². The molecule has 2 atom stereocenters. The van der Waals surface area contributed by atoms with E-state index in [1.165, 1.54) is 17.7 Å². The molecule has 6 nitrogen and oxygen atoms in total. The van der Waals surface area contributed by atoms with Crippen LogP contribution in [0, 0.1) is 22.6 Å². The minimum absolute atomic E-state index is 0.0353. The number of hydrogen-bond acceptors (Lipinski definition) is 4. The monoisotopic (exact) mass is 552 g/mol. The van der Waals surface area contributed by atoms with Gasteiger partial charge in [-0.3, -0.25) is 9.35 Å². The zero-order valence-electron chi connectivity index (χ0n) is 22.9. The first kappa shape index (κ1) is 27.7. The van der Waals surface area contributed by atoms with Crippen LogP contribution in [-0.4, -0.2) is 36.5 Å². The Labute approximate surface area is 229 Å². The van der Waals surface area contributed by atoms with Gasteiger partial charge in [-0.25, -0.2) is 4.39 Å². The molecule has 1 heterocycles. The van der Waals surface area contributed by atoms with Gasteiger partial charge in [0.15, 0.2) is 5.78 Å². The van der Waals surface area contributed by atoms with Crippen LogP contribution in [0.2, 0.25) is 0 Å². The van der Waals surface area contributed by atoms with Crippen molar-refractivity contribution in [2.24, 2.45) is 16.7 Å². The summed E-state index contributed by atoms with van der Waals surface area (Å²) in [7, 11) is -1.99. The number of rotatable bonds is 5. The van der Waals surface area contributed by atoms with Gasteiger partial charge in [-0.05, 0) is 79.3 Å². The summed E-state index contributed by atoms with van der Waals surface area (Å²) < 4.78 is 45.2. The molecule has 2 unspecified atom stereocenters. The van der Waals surface area contributed by atoms with Gasteiger partial charge in [-0.1, -0.05) is 50.3 Å². The topological polar surface area (TPSA) is 99.3 Å². The number of aromatic nitrogens is 1. The zero-order chi connectivity index (χ0) is 28.2. The van der Waals surface area contributed by atoms with Crippen molar-refractivity contribution in [3.8, 4) is 11.3 Å². The Morgan fingerprint density at radius 2 is 1.90 bits per heavy atom. The van der Waals surface area contributed by atoms with E-state index >= 15 is 0 Å². The van der Waals surface area contributed by atoms with Crippen molar-refractivity contribution < 1.29 is 22.2 Å². The minimum atomic E-state index is -3.92. The van der Waals surface area contributed by atoms with Crippen LogP contribution in [0.4, 0.5) is 4.39 Å². The maximum Gasteiger partial charge on any atom is 0.265 e. The normalized spacial score (nSPS) is 23.6. The molecular weight excluding hydrogens is 515 g/mol. The molecule has 0 aliphatic heterocycles. The lowest BCUT2D eigenvalue weighted by Crippen LogP contribution is -2.37. The summed E-state index contributed by atoms with van der Waals surface area (Å²) in [6.07, 6.45) is 4.94. The summed E-state index contributed by atoms with van der Waals surface area (Å²) in [5.41, 5.74) is 6.24. The van der Waals surface area contributed by atoms with Gasteiger partial charge >= 0.3 is 0 Å². The summed E-state index contributed by atoms with van der Waals surface area (Å²) in [4.78, 5) is 15.7. The number of halogens is 1. The van der Waals surface area contributed by atoms with Crippen LogP contribution >= 0.6 is 0 Å². The predicted molar refractivity (Wildman–Crippen MR) is 153 cm³/mol. The number of fused-ring (bicyclic) bond motifs is 2. The van der Waals surface area contributed by atoms with E-state index in [1.54, 1.807) is 0 Å². The van der Waals surface area contributed by atoms with Gasteiger partial charge in [0.2, 0.25) is 0 Å². The fraction of sp³-hybridized carbons (Fsp3) is 0.452. The molecule has 0 spiro atoms. The molecule has 2 aromatic carbocycles. The number of hydrogen-bond donors (Lipinski definition) is 3. The number of benzene rings is 2. The Morgan fingerprint density at radius 3 is 2.49 bits per heavy atom. The third-order valence-corrected chi connectivity index (χ3v) is 10.4. The molecular formula is C31H37FN2O4S. The fourth-order valence-electron chi connectivity index (χ4n) is 7.28. The highest BCUT2D eigenvalue weighted by Crippen LogP contribution is 2.68. The molecule has 0 radical (unpaired) electrons. The van der Waals surface area contributed by atoms with Gasteiger partial charge < -0.3 is 10.3 Å². The lowest BCUT2D eigenvalue weighted by atomic mass is 9.69. The number of aromatic amines is 1. The minimum Gasteiger partial charge on any atom is -0.354 e. The van der Waals surface area contributed by atoms with Crippen LogP contribution in [0.25, 0.3) is 22.2 Å². The molecule has 1 aromatic heterocycles. The second-order valence-corrected chi connectivity index (χ2v) is 13.4. The third kappa shape index (κ3) is 4.87. The molecule has 8 heteroatoms. The predicted octanol–water partition coefficient (Wildman–Crippen LogP) is 6.47. The van der Waals surface area contributed by atoms with Crippen LogP contribution in [0.15, 0.2) is 48.6 Å². The third-order valence-electron chi connectivity index (χ3n) is 9.49. The van der Waals surface area contributed by atoms with E-state index < -0.39 is 10.1 Å². The van der Waals surface area contributed by atoms with E-state index in [0.29, 0.717) is 23.4 Å². The summed E-state index contributed by atoms with van der Waals surface area (Å²) in [6, 6.07) is 11.2. The summed E-state index contributed by atoms with van der Waals surface area (Å²) in [5.74, 6) is 0.0545. The van der Waals surface area contributed by atoms with E-state index in [2.05, 4.69) is 55.0 Å². The molecule has 2 bridgehead atoms. The van der Waals surface area contributed by atoms with Crippen LogP contribution in [0.3, 0.4) is 0 Å². The quantitative estimate of drug-likeness (QED) is 0.249. The van der Waals surface area contributed by atoms with E-state index in [1.807, 2.05) is 7.05 Å². The number of ketones is 1. The van der Waals surface area contributed by atoms with Gasteiger partial charge in [0.05, 0.1) is 5.75 Å². The van der Waals surface area contributed by atoms with Crippen molar-refractivity contribution in [2.45, 2.75) is 58.9 Å². The van der Waals surface area contributed by atoms with E-state index in [0.717, 1.165) is 66.4 Å². The number of H-pyrrole nitrogens is 1.